The molecule has 0 radical (unpaired) electrons. The first-order valence-electron chi connectivity index (χ1n) is 41.7. The number of phosphoric ester groups is 2. The van der Waals surface area contributed by atoms with Crippen molar-refractivity contribution in [3.05, 3.63) is 0 Å². The van der Waals surface area contributed by atoms with Gasteiger partial charge in [-0.2, -0.15) is 0 Å². The molecule has 0 aromatic heterocycles. The molecule has 0 aliphatic carbocycles. The fourth-order valence-corrected chi connectivity index (χ4v) is 14.0. The topological polar surface area (TPSA) is 237 Å². The van der Waals surface area contributed by atoms with E-state index in [4.69, 9.17) is 37.0 Å². The normalized spacial score (nSPS) is 14.1. The Morgan fingerprint density at radius 1 is 0.283 bits per heavy atom. The van der Waals surface area contributed by atoms with E-state index in [0.717, 1.165) is 95.8 Å². The van der Waals surface area contributed by atoms with Crippen molar-refractivity contribution in [1.82, 2.24) is 0 Å². The van der Waals surface area contributed by atoms with Crippen molar-refractivity contribution >= 4 is 39.5 Å². The molecule has 0 aliphatic heterocycles. The highest BCUT2D eigenvalue weighted by atomic mass is 31.2. The van der Waals surface area contributed by atoms with Gasteiger partial charge in [0.1, 0.15) is 19.3 Å². The van der Waals surface area contributed by atoms with Crippen LogP contribution in [0.3, 0.4) is 0 Å². The summed E-state index contributed by atoms with van der Waals surface area (Å²) in [5, 5.41) is 10.6. The predicted octanol–water partition coefficient (Wildman–Crippen LogP) is 24.0. The Hall–Kier alpha value is -1.94. The Balaban J connectivity index is 5.22. The molecule has 0 saturated heterocycles. The van der Waals surface area contributed by atoms with Crippen LogP contribution in [-0.2, 0) is 65.4 Å². The summed E-state index contributed by atoms with van der Waals surface area (Å²) in [5.74, 6) is -1.31. The van der Waals surface area contributed by atoms with E-state index >= 15 is 0 Å². The SMILES string of the molecule is CCCCCCCCCCCCCCCCCCCCCC(=O)O[C@H](COC(=O)CCCCCCCCCCCCCCCCCCC)COP(=O)(O)OC[C@@H](O)COP(=O)(O)OC[C@@H](COC(=O)CCCCCCCCCCC)OC(=O)CCCCCCCCCCCCC(C)CC. The van der Waals surface area contributed by atoms with Crippen LogP contribution < -0.4 is 0 Å². The molecular weight excluding hydrogens is 1290 g/mol. The third-order valence-corrected chi connectivity index (χ3v) is 21.0. The molecular formula is C80H156O17P2. The van der Waals surface area contributed by atoms with Gasteiger partial charge >= 0.3 is 39.5 Å². The summed E-state index contributed by atoms with van der Waals surface area (Å²) in [6, 6.07) is 0. The van der Waals surface area contributed by atoms with E-state index in [1.807, 2.05) is 0 Å². The zero-order chi connectivity index (χ0) is 72.7. The molecule has 0 aromatic carbocycles. The minimum absolute atomic E-state index is 0.107. The molecule has 0 fully saturated rings. The number of ether oxygens (including phenoxy) is 4. The predicted molar refractivity (Wildman–Crippen MR) is 405 cm³/mol. The number of carbonyl (C=O) groups excluding carboxylic acids is 4. The fraction of sp³-hybridized carbons (Fsp3) is 0.950. The zero-order valence-corrected chi connectivity index (χ0v) is 66.4. The number of unbranched alkanes of at least 4 members (excludes halogenated alkanes) is 51. The average Bonchev–Trinajstić information content (AvgIpc) is 1.30. The van der Waals surface area contributed by atoms with E-state index < -0.39 is 97.5 Å². The number of hydrogen-bond acceptors (Lipinski definition) is 15. The maximum Gasteiger partial charge on any atom is 0.472 e. The van der Waals surface area contributed by atoms with Gasteiger partial charge in [-0.3, -0.25) is 37.3 Å². The highest BCUT2D eigenvalue weighted by Crippen LogP contribution is 2.45. The molecule has 3 N–H and O–H groups in total. The van der Waals surface area contributed by atoms with E-state index in [-0.39, 0.29) is 25.7 Å². The van der Waals surface area contributed by atoms with Crippen molar-refractivity contribution in [3.8, 4) is 0 Å². The summed E-state index contributed by atoms with van der Waals surface area (Å²) >= 11 is 0. The average molecular weight is 1450 g/mol. The number of esters is 4. The summed E-state index contributed by atoms with van der Waals surface area (Å²) in [6.45, 7) is 7.33. The van der Waals surface area contributed by atoms with Crippen LogP contribution in [-0.4, -0.2) is 96.7 Å². The van der Waals surface area contributed by atoms with Gasteiger partial charge in [0.25, 0.3) is 0 Å². The third kappa shape index (κ3) is 72.8. The lowest BCUT2D eigenvalue weighted by molar-refractivity contribution is -0.161. The van der Waals surface area contributed by atoms with Crippen molar-refractivity contribution in [2.24, 2.45) is 5.92 Å². The maximum absolute atomic E-state index is 13.1. The van der Waals surface area contributed by atoms with Crippen LogP contribution in [0.1, 0.15) is 426 Å². The number of hydrogen-bond donors (Lipinski definition) is 3. The van der Waals surface area contributed by atoms with Crippen LogP contribution >= 0.6 is 15.6 Å². The summed E-state index contributed by atoms with van der Waals surface area (Å²) in [7, 11) is -9.92. The molecule has 0 aliphatic rings. The molecule has 19 heteroatoms. The molecule has 0 saturated carbocycles. The maximum atomic E-state index is 13.1. The molecule has 6 atom stereocenters. The van der Waals surface area contributed by atoms with Crippen molar-refractivity contribution in [1.29, 1.82) is 0 Å². The van der Waals surface area contributed by atoms with Crippen molar-refractivity contribution in [2.45, 2.75) is 445 Å². The lowest BCUT2D eigenvalue weighted by atomic mass is 9.99. The highest BCUT2D eigenvalue weighted by molar-refractivity contribution is 7.47. The fourth-order valence-electron chi connectivity index (χ4n) is 12.4. The van der Waals surface area contributed by atoms with Gasteiger partial charge in [-0.25, -0.2) is 9.13 Å². The van der Waals surface area contributed by atoms with Gasteiger partial charge < -0.3 is 33.8 Å². The molecule has 0 spiro atoms. The quantitative estimate of drug-likeness (QED) is 0.0222. The smallest absolute Gasteiger partial charge is 0.462 e. The summed E-state index contributed by atoms with van der Waals surface area (Å²) in [5.41, 5.74) is 0. The number of carbonyl (C=O) groups is 4. The molecule has 0 bridgehead atoms. The first-order chi connectivity index (χ1) is 48.1. The highest BCUT2D eigenvalue weighted by Gasteiger charge is 2.30. The van der Waals surface area contributed by atoms with E-state index in [2.05, 4.69) is 34.6 Å². The van der Waals surface area contributed by atoms with Gasteiger partial charge in [0.2, 0.25) is 0 Å². The Kier molecular flexibility index (Phi) is 71.6. The van der Waals surface area contributed by atoms with Gasteiger partial charge in [-0.15, -0.1) is 0 Å². The molecule has 0 aromatic rings. The van der Waals surface area contributed by atoms with Crippen LogP contribution in [0.15, 0.2) is 0 Å². The van der Waals surface area contributed by atoms with Crippen LogP contribution in [0.2, 0.25) is 0 Å². The van der Waals surface area contributed by atoms with Crippen LogP contribution in [0, 0.1) is 5.92 Å². The largest absolute Gasteiger partial charge is 0.472 e. The van der Waals surface area contributed by atoms with E-state index in [1.165, 1.54) is 250 Å². The van der Waals surface area contributed by atoms with E-state index in [9.17, 15) is 43.2 Å². The van der Waals surface area contributed by atoms with Gasteiger partial charge in [0.05, 0.1) is 26.4 Å². The second kappa shape index (κ2) is 73.0. The van der Waals surface area contributed by atoms with E-state index in [1.54, 1.807) is 0 Å². The monoisotopic (exact) mass is 1450 g/mol. The second-order valence-electron chi connectivity index (χ2n) is 29.1. The van der Waals surface area contributed by atoms with Crippen molar-refractivity contribution in [2.75, 3.05) is 39.6 Å². The number of rotatable bonds is 80. The number of phosphoric acid groups is 2. The molecule has 3 unspecified atom stereocenters. The Bertz CT molecular complexity index is 1890. The first-order valence-corrected chi connectivity index (χ1v) is 44.7. The molecule has 0 amide bonds. The lowest BCUT2D eigenvalue weighted by Gasteiger charge is -2.21. The molecule has 0 heterocycles. The summed E-state index contributed by atoms with van der Waals surface area (Å²) in [6.07, 6.45) is 63.8. The molecule has 588 valence electrons. The minimum Gasteiger partial charge on any atom is -0.462 e. The lowest BCUT2D eigenvalue weighted by Crippen LogP contribution is -2.30. The molecule has 0 rings (SSSR count). The van der Waals surface area contributed by atoms with Crippen LogP contribution in [0.5, 0.6) is 0 Å². The van der Waals surface area contributed by atoms with Crippen molar-refractivity contribution in [3.63, 3.8) is 0 Å². The summed E-state index contributed by atoms with van der Waals surface area (Å²) < 4.78 is 68.7. The number of aliphatic hydroxyl groups is 1. The Morgan fingerprint density at radius 3 is 0.717 bits per heavy atom. The minimum atomic E-state index is -4.96. The van der Waals surface area contributed by atoms with Gasteiger partial charge in [-0.05, 0) is 31.6 Å². The Morgan fingerprint density at radius 2 is 0.485 bits per heavy atom. The van der Waals surface area contributed by atoms with Gasteiger partial charge in [0, 0.05) is 25.7 Å². The molecule has 17 nitrogen and oxygen atoms in total. The van der Waals surface area contributed by atoms with Gasteiger partial charge in [-0.1, -0.05) is 375 Å². The summed E-state index contributed by atoms with van der Waals surface area (Å²) in [4.78, 5) is 72.9. The second-order valence-corrected chi connectivity index (χ2v) is 32.0. The van der Waals surface area contributed by atoms with Crippen LogP contribution in [0.4, 0.5) is 0 Å². The zero-order valence-electron chi connectivity index (χ0n) is 64.6. The van der Waals surface area contributed by atoms with Crippen LogP contribution in [0.25, 0.3) is 0 Å². The van der Waals surface area contributed by atoms with Crippen molar-refractivity contribution < 1.29 is 80.2 Å². The van der Waals surface area contributed by atoms with Gasteiger partial charge in [0.15, 0.2) is 12.2 Å². The third-order valence-electron chi connectivity index (χ3n) is 19.1. The number of aliphatic hydroxyl groups excluding tert-OH is 1. The molecule has 99 heavy (non-hydrogen) atoms. The first kappa shape index (κ1) is 97.1. The van der Waals surface area contributed by atoms with E-state index in [0.29, 0.717) is 25.7 Å². The standard InChI is InChI=1S/C80H156O17P2/c1-6-10-13-16-19-22-24-26-28-30-31-33-35-37-39-45-50-55-60-65-79(84)96-76(70-91-78(83)64-59-54-49-44-38-36-34-32-29-27-25-23-20-17-14-11-7-2)72-95-99(88,89)93-68-74(81)67-92-98(86,87)94-71-75(69-90-77(82)63-58-53-48-42-21-18-15-12-8-3)97-80(85)66-61-56-51-46-41-40-43-47-52-57-62-73(5)9-4/h73-76,81H,6-72H2,1-5H3,(H,86,87)(H,88,89)/t73?,74-,75+,76+/m0/s1. The Labute approximate surface area is 607 Å².